The molecule has 88 valence electrons. The molecule has 0 amide bonds. The van der Waals surface area contributed by atoms with Crippen molar-refractivity contribution in [2.75, 3.05) is 4.90 Å². The van der Waals surface area contributed by atoms with E-state index in [0.29, 0.717) is 6.04 Å². The molecule has 0 aliphatic rings. The van der Waals surface area contributed by atoms with E-state index in [1.165, 1.54) is 11.4 Å². The van der Waals surface area contributed by atoms with Gasteiger partial charge in [-0.25, -0.2) is 0 Å². The molecule has 0 fully saturated rings. The van der Waals surface area contributed by atoms with E-state index in [4.69, 9.17) is 0 Å². The van der Waals surface area contributed by atoms with E-state index in [9.17, 15) is 0 Å². The molecule has 0 N–H and O–H groups in total. The number of rotatable bonds is 4. The van der Waals surface area contributed by atoms with E-state index in [0.717, 1.165) is 6.42 Å². The lowest BCUT2D eigenvalue weighted by Gasteiger charge is -2.30. The summed E-state index contributed by atoms with van der Waals surface area (Å²) >= 11 is 0. The lowest BCUT2D eigenvalue weighted by atomic mass is 10.1. The van der Waals surface area contributed by atoms with E-state index >= 15 is 0 Å². The van der Waals surface area contributed by atoms with Crippen molar-refractivity contribution in [2.24, 2.45) is 0 Å². The first-order valence-electron chi connectivity index (χ1n) is 6.22. The van der Waals surface area contributed by atoms with Crippen LogP contribution in [-0.2, 0) is 0 Å². The van der Waals surface area contributed by atoms with Crippen LogP contribution in [0.2, 0.25) is 0 Å². The summed E-state index contributed by atoms with van der Waals surface area (Å²) in [5.74, 6) is 0. The Labute approximate surface area is 104 Å². The topological polar surface area (TPSA) is 3.24 Å². The molecular formula is C16H19N. The van der Waals surface area contributed by atoms with Gasteiger partial charge in [-0.05, 0) is 37.6 Å². The highest BCUT2D eigenvalue weighted by Crippen LogP contribution is 2.28. The Morgan fingerprint density at radius 1 is 0.824 bits per heavy atom. The maximum absolute atomic E-state index is 2.39. The van der Waals surface area contributed by atoms with Crippen molar-refractivity contribution in [1.29, 1.82) is 0 Å². The second-order valence-corrected chi connectivity index (χ2v) is 4.30. The monoisotopic (exact) mass is 225 g/mol. The maximum atomic E-state index is 2.39. The lowest BCUT2D eigenvalue weighted by Crippen LogP contribution is -2.27. The third kappa shape index (κ3) is 2.68. The number of hydrogen-bond acceptors (Lipinski definition) is 1. The average Bonchev–Trinajstić information content (AvgIpc) is 2.41. The molecule has 2 rings (SSSR count). The summed E-state index contributed by atoms with van der Waals surface area (Å²) in [6.45, 7) is 4.49. The van der Waals surface area contributed by atoms with Gasteiger partial charge in [0.1, 0.15) is 0 Å². The molecule has 0 bridgehead atoms. The summed E-state index contributed by atoms with van der Waals surface area (Å²) in [6.07, 6.45) is 1.13. The Morgan fingerprint density at radius 3 is 1.59 bits per heavy atom. The predicted octanol–water partition coefficient (Wildman–Crippen LogP) is 4.62. The standard InChI is InChI=1S/C16H19N/c1-3-14(2)17(15-10-6-4-7-11-15)16-12-8-5-9-13-16/h4-14H,3H2,1-2H3. The SMILES string of the molecule is CCC(C)N(c1ccccc1)c1ccccc1. The van der Waals surface area contributed by atoms with Gasteiger partial charge in [0.15, 0.2) is 0 Å². The first kappa shape index (κ1) is 11.7. The Balaban J connectivity index is 2.39. The van der Waals surface area contributed by atoms with Gasteiger partial charge in [0.25, 0.3) is 0 Å². The highest BCUT2D eigenvalue weighted by atomic mass is 15.2. The molecule has 1 atom stereocenters. The van der Waals surface area contributed by atoms with Crippen molar-refractivity contribution in [3.63, 3.8) is 0 Å². The average molecular weight is 225 g/mol. The van der Waals surface area contributed by atoms with Crippen LogP contribution in [0.15, 0.2) is 60.7 Å². The summed E-state index contributed by atoms with van der Waals surface area (Å²) in [4.78, 5) is 2.39. The van der Waals surface area contributed by atoms with Crippen LogP contribution in [0.25, 0.3) is 0 Å². The summed E-state index contributed by atoms with van der Waals surface area (Å²) in [7, 11) is 0. The molecule has 0 aliphatic heterocycles. The zero-order valence-corrected chi connectivity index (χ0v) is 10.5. The Morgan fingerprint density at radius 2 is 1.24 bits per heavy atom. The minimum absolute atomic E-state index is 0.500. The number of anilines is 2. The van der Waals surface area contributed by atoms with Gasteiger partial charge >= 0.3 is 0 Å². The fourth-order valence-corrected chi connectivity index (χ4v) is 2.02. The number of hydrogen-bond donors (Lipinski definition) is 0. The van der Waals surface area contributed by atoms with E-state index in [1.807, 2.05) is 0 Å². The molecule has 0 aliphatic carbocycles. The van der Waals surface area contributed by atoms with Crippen molar-refractivity contribution < 1.29 is 0 Å². The van der Waals surface area contributed by atoms with E-state index < -0.39 is 0 Å². The van der Waals surface area contributed by atoms with Crippen LogP contribution in [0.3, 0.4) is 0 Å². The molecular weight excluding hydrogens is 206 g/mol. The zero-order chi connectivity index (χ0) is 12.1. The summed E-state index contributed by atoms with van der Waals surface area (Å²) < 4.78 is 0. The quantitative estimate of drug-likeness (QED) is 0.733. The van der Waals surface area contributed by atoms with Crippen molar-refractivity contribution in [2.45, 2.75) is 26.3 Å². The van der Waals surface area contributed by atoms with Crippen LogP contribution in [0.5, 0.6) is 0 Å². The summed E-state index contributed by atoms with van der Waals surface area (Å²) in [5.41, 5.74) is 2.51. The zero-order valence-electron chi connectivity index (χ0n) is 10.5. The fourth-order valence-electron chi connectivity index (χ4n) is 2.02. The van der Waals surface area contributed by atoms with Crippen molar-refractivity contribution in [3.05, 3.63) is 60.7 Å². The first-order chi connectivity index (χ1) is 8.33. The molecule has 17 heavy (non-hydrogen) atoms. The van der Waals surface area contributed by atoms with E-state index in [-0.39, 0.29) is 0 Å². The molecule has 1 nitrogen and oxygen atoms in total. The molecule has 0 spiro atoms. The minimum atomic E-state index is 0.500. The molecule has 0 radical (unpaired) electrons. The van der Waals surface area contributed by atoms with Crippen LogP contribution in [0, 0.1) is 0 Å². The van der Waals surface area contributed by atoms with Crippen LogP contribution in [0.4, 0.5) is 11.4 Å². The van der Waals surface area contributed by atoms with Gasteiger partial charge in [0.2, 0.25) is 0 Å². The Hall–Kier alpha value is -1.76. The molecule has 2 aromatic carbocycles. The molecule has 0 aromatic heterocycles. The molecule has 0 heterocycles. The smallest absolute Gasteiger partial charge is 0.0413 e. The second-order valence-electron chi connectivity index (χ2n) is 4.30. The van der Waals surface area contributed by atoms with Gasteiger partial charge in [-0.3, -0.25) is 0 Å². The highest BCUT2D eigenvalue weighted by molar-refractivity contribution is 5.63. The summed E-state index contributed by atoms with van der Waals surface area (Å²) in [5, 5.41) is 0. The molecule has 1 unspecified atom stereocenters. The molecule has 0 saturated heterocycles. The van der Waals surface area contributed by atoms with Gasteiger partial charge in [0.05, 0.1) is 0 Å². The van der Waals surface area contributed by atoms with E-state index in [1.54, 1.807) is 0 Å². The molecule has 1 heteroatoms. The fraction of sp³-hybridized carbons (Fsp3) is 0.250. The number of benzene rings is 2. The largest absolute Gasteiger partial charge is 0.339 e. The highest BCUT2D eigenvalue weighted by Gasteiger charge is 2.14. The number of para-hydroxylation sites is 2. The van der Waals surface area contributed by atoms with Crippen molar-refractivity contribution >= 4 is 11.4 Å². The maximum Gasteiger partial charge on any atom is 0.0413 e. The van der Waals surface area contributed by atoms with Gasteiger partial charge in [-0.2, -0.15) is 0 Å². The second kappa shape index (κ2) is 5.53. The lowest BCUT2D eigenvalue weighted by molar-refractivity contribution is 0.688. The minimum Gasteiger partial charge on any atom is -0.339 e. The molecule has 2 aromatic rings. The third-order valence-electron chi connectivity index (χ3n) is 3.10. The van der Waals surface area contributed by atoms with Crippen LogP contribution >= 0.6 is 0 Å². The predicted molar refractivity (Wildman–Crippen MR) is 74.8 cm³/mol. The third-order valence-corrected chi connectivity index (χ3v) is 3.10. The number of nitrogens with zero attached hydrogens (tertiary/aromatic N) is 1. The van der Waals surface area contributed by atoms with Crippen LogP contribution in [0.1, 0.15) is 20.3 Å². The van der Waals surface area contributed by atoms with Gasteiger partial charge < -0.3 is 4.90 Å². The Kier molecular flexibility index (Phi) is 3.81. The van der Waals surface area contributed by atoms with Gasteiger partial charge in [-0.15, -0.1) is 0 Å². The first-order valence-corrected chi connectivity index (χ1v) is 6.22. The van der Waals surface area contributed by atoms with Crippen molar-refractivity contribution in [1.82, 2.24) is 0 Å². The molecule has 0 saturated carbocycles. The van der Waals surface area contributed by atoms with Gasteiger partial charge in [0, 0.05) is 17.4 Å². The summed E-state index contributed by atoms with van der Waals surface area (Å²) in [6, 6.07) is 21.6. The van der Waals surface area contributed by atoms with Crippen LogP contribution < -0.4 is 4.90 Å². The van der Waals surface area contributed by atoms with Gasteiger partial charge in [-0.1, -0.05) is 43.3 Å². The van der Waals surface area contributed by atoms with E-state index in [2.05, 4.69) is 79.4 Å². The van der Waals surface area contributed by atoms with Crippen LogP contribution in [-0.4, -0.2) is 6.04 Å². The normalized spacial score (nSPS) is 12.1. The van der Waals surface area contributed by atoms with Crippen molar-refractivity contribution in [3.8, 4) is 0 Å². The Bertz CT molecular complexity index is 396.